The monoisotopic (exact) mass is 444 g/mol. The molecule has 0 aliphatic carbocycles. The fraction of sp³-hybridized carbons (Fsp3) is 0.350. The number of amides is 1. The van der Waals surface area contributed by atoms with Gasteiger partial charge < -0.3 is 5.32 Å². The number of carbonyl (C=O) groups is 1. The zero-order valence-electron chi connectivity index (χ0n) is 15.8. The van der Waals surface area contributed by atoms with E-state index in [0.717, 1.165) is 22.5 Å². The Hall–Kier alpha value is -2.46. The van der Waals surface area contributed by atoms with Gasteiger partial charge in [-0.1, -0.05) is 24.3 Å². The Bertz CT molecular complexity index is 1020. The third kappa shape index (κ3) is 4.99. The van der Waals surface area contributed by atoms with Crippen LogP contribution in [0.2, 0.25) is 0 Å². The van der Waals surface area contributed by atoms with E-state index >= 15 is 0 Å². The molecule has 0 aromatic heterocycles. The Morgan fingerprint density at radius 3 is 2.37 bits per heavy atom. The van der Waals surface area contributed by atoms with Crippen molar-refractivity contribution < 1.29 is 30.8 Å². The number of benzene rings is 2. The molecule has 5 nitrogen and oxygen atoms in total. The maximum atomic E-state index is 13.9. The highest BCUT2D eigenvalue weighted by atomic mass is 32.2. The molecule has 0 atom stereocenters. The van der Waals surface area contributed by atoms with Crippen molar-refractivity contribution >= 4 is 15.9 Å². The molecule has 2 aromatic rings. The van der Waals surface area contributed by atoms with Crippen molar-refractivity contribution in [3.05, 3.63) is 65.5 Å². The fourth-order valence-electron chi connectivity index (χ4n) is 3.34. The highest BCUT2D eigenvalue weighted by Crippen LogP contribution is 2.29. The number of sulfonamides is 1. The van der Waals surface area contributed by atoms with Crippen molar-refractivity contribution in [1.29, 1.82) is 0 Å². The lowest BCUT2D eigenvalue weighted by Crippen LogP contribution is -2.43. The summed E-state index contributed by atoms with van der Waals surface area (Å²) in [7, 11) is -4.00. The molecule has 0 spiro atoms. The van der Waals surface area contributed by atoms with Gasteiger partial charge in [-0.3, -0.25) is 4.79 Å². The molecule has 0 saturated carbocycles. The Morgan fingerprint density at radius 2 is 1.73 bits per heavy atom. The van der Waals surface area contributed by atoms with E-state index in [2.05, 4.69) is 5.32 Å². The summed E-state index contributed by atoms with van der Waals surface area (Å²) in [5.41, 5.74) is -0.473. The van der Waals surface area contributed by atoms with Gasteiger partial charge >= 0.3 is 6.18 Å². The molecule has 1 N–H and O–H groups in total. The molecule has 1 aliphatic rings. The number of carbonyl (C=O) groups excluding carboxylic acids is 1. The second kappa shape index (κ2) is 8.73. The van der Waals surface area contributed by atoms with Gasteiger partial charge in [0, 0.05) is 25.6 Å². The van der Waals surface area contributed by atoms with E-state index in [1.807, 2.05) is 0 Å². The Kier molecular flexibility index (Phi) is 6.47. The highest BCUT2D eigenvalue weighted by molar-refractivity contribution is 7.89. The number of halogens is 4. The van der Waals surface area contributed by atoms with Crippen molar-refractivity contribution in [2.45, 2.75) is 30.5 Å². The van der Waals surface area contributed by atoms with Gasteiger partial charge in [0.25, 0.3) is 0 Å². The van der Waals surface area contributed by atoms with E-state index in [9.17, 15) is 30.8 Å². The molecule has 3 rings (SSSR count). The lowest BCUT2D eigenvalue weighted by atomic mass is 9.97. The molecule has 10 heteroatoms. The van der Waals surface area contributed by atoms with Crippen LogP contribution in [0.25, 0.3) is 0 Å². The lowest BCUT2D eigenvalue weighted by molar-refractivity contribution is -0.137. The Balaban J connectivity index is 1.57. The molecule has 1 saturated heterocycles. The number of rotatable bonds is 5. The van der Waals surface area contributed by atoms with Crippen LogP contribution in [0, 0.1) is 11.7 Å². The van der Waals surface area contributed by atoms with Crippen LogP contribution in [0.1, 0.15) is 24.0 Å². The van der Waals surface area contributed by atoms with E-state index in [4.69, 9.17) is 0 Å². The first kappa shape index (κ1) is 22.2. The molecule has 162 valence electrons. The van der Waals surface area contributed by atoms with Crippen LogP contribution in [0.5, 0.6) is 0 Å². The molecule has 0 radical (unpaired) electrons. The van der Waals surface area contributed by atoms with Crippen LogP contribution in [0.15, 0.2) is 53.4 Å². The average Bonchev–Trinajstić information content (AvgIpc) is 2.72. The quantitative estimate of drug-likeness (QED) is 0.718. The molecule has 1 fully saturated rings. The average molecular weight is 444 g/mol. The molecular formula is C20H20F4N2O3S. The van der Waals surface area contributed by atoms with E-state index in [-0.39, 0.29) is 38.4 Å². The molecule has 30 heavy (non-hydrogen) atoms. The zero-order valence-corrected chi connectivity index (χ0v) is 16.6. The lowest BCUT2D eigenvalue weighted by Gasteiger charge is -2.30. The number of hydrogen-bond acceptors (Lipinski definition) is 3. The normalized spacial score (nSPS) is 16.4. The van der Waals surface area contributed by atoms with Gasteiger partial charge in [-0.2, -0.15) is 17.5 Å². The SMILES string of the molecule is O=C(NCc1cccc(C(F)(F)F)c1)C1CCN(S(=O)(=O)c2ccccc2F)CC1. The largest absolute Gasteiger partial charge is 0.416 e. The van der Waals surface area contributed by atoms with Crippen molar-refractivity contribution in [1.82, 2.24) is 9.62 Å². The van der Waals surface area contributed by atoms with Crippen LogP contribution < -0.4 is 5.32 Å². The first-order valence-electron chi connectivity index (χ1n) is 9.27. The Morgan fingerprint density at radius 1 is 1.07 bits per heavy atom. The van der Waals surface area contributed by atoms with Crippen LogP contribution >= 0.6 is 0 Å². The highest BCUT2D eigenvalue weighted by Gasteiger charge is 2.33. The van der Waals surface area contributed by atoms with E-state index in [0.29, 0.717) is 5.56 Å². The number of nitrogens with zero attached hydrogens (tertiary/aromatic N) is 1. The summed E-state index contributed by atoms with van der Waals surface area (Å²) in [5.74, 6) is -1.66. The third-order valence-corrected chi connectivity index (χ3v) is 6.93. The Labute approximate surface area is 171 Å². The van der Waals surface area contributed by atoms with Gasteiger partial charge in [0.1, 0.15) is 10.7 Å². The minimum absolute atomic E-state index is 0.0539. The predicted molar refractivity (Wildman–Crippen MR) is 101 cm³/mol. The van der Waals surface area contributed by atoms with Crippen molar-refractivity contribution in [2.75, 3.05) is 13.1 Å². The number of nitrogens with one attached hydrogen (secondary N) is 1. The van der Waals surface area contributed by atoms with Gasteiger partial charge in [-0.25, -0.2) is 12.8 Å². The fourth-order valence-corrected chi connectivity index (χ4v) is 4.88. The third-order valence-electron chi connectivity index (χ3n) is 5.00. The predicted octanol–water partition coefficient (Wildman–Crippen LogP) is 3.56. The summed E-state index contributed by atoms with van der Waals surface area (Å²) >= 11 is 0. The maximum Gasteiger partial charge on any atom is 0.416 e. The summed E-state index contributed by atoms with van der Waals surface area (Å²) < 4.78 is 78.5. The minimum Gasteiger partial charge on any atom is -0.352 e. The topological polar surface area (TPSA) is 66.5 Å². The summed E-state index contributed by atoms with van der Waals surface area (Å²) in [6.07, 6.45) is -3.99. The summed E-state index contributed by atoms with van der Waals surface area (Å²) in [4.78, 5) is 12.0. The molecule has 1 aliphatic heterocycles. The zero-order chi connectivity index (χ0) is 21.9. The van der Waals surface area contributed by atoms with Crippen molar-refractivity contribution in [3.63, 3.8) is 0 Å². The summed E-state index contributed by atoms with van der Waals surface area (Å²) in [5, 5.41) is 2.61. The van der Waals surface area contributed by atoms with Crippen LogP contribution in [0.4, 0.5) is 17.6 Å². The molecule has 0 unspecified atom stereocenters. The van der Waals surface area contributed by atoms with Crippen molar-refractivity contribution in [2.24, 2.45) is 5.92 Å². The minimum atomic E-state index is -4.46. The van der Waals surface area contributed by atoms with Gasteiger partial charge in [0.15, 0.2) is 0 Å². The molecule has 1 amide bonds. The molecule has 2 aromatic carbocycles. The summed E-state index contributed by atoms with van der Waals surface area (Å²) in [6.45, 7) is 0.0487. The first-order chi connectivity index (χ1) is 14.1. The van der Waals surface area contributed by atoms with Crippen LogP contribution in [-0.4, -0.2) is 31.7 Å². The molecule has 0 bridgehead atoms. The van der Waals surface area contributed by atoms with Crippen LogP contribution in [-0.2, 0) is 27.5 Å². The van der Waals surface area contributed by atoms with Gasteiger partial charge in [0.2, 0.25) is 15.9 Å². The second-order valence-corrected chi connectivity index (χ2v) is 8.93. The number of hydrogen-bond donors (Lipinski definition) is 1. The van der Waals surface area contributed by atoms with Gasteiger partial charge in [0.05, 0.1) is 5.56 Å². The standard InChI is InChI=1S/C20H20F4N2O3S/c21-17-6-1-2-7-18(17)30(28,29)26-10-8-15(9-11-26)19(27)25-13-14-4-3-5-16(12-14)20(22,23)24/h1-7,12,15H,8-11,13H2,(H,25,27). The first-order valence-corrected chi connectivity index (χ1v) is 10.7. The maximum absolute atomic E-state index is 13.9. The summed E-state index contributed by atoms with van der Waals surface area (Å²) in [6, 6.07) is 9.79. The number of piperidine rings is 1. The van der Waals surface area contributed by atoms with Gasteiger partial charge in [-0.05, 0) is 42.7 Å². The molecular weight excluding hydrogens is 424 g/mol. The van der Waals surface area contributed by atoms with Crippen molar-refractivity contribution in [3.8, 4) is 0 Å². The van der Waals surface area contributed by atoms with E-state index < -0.39 is 38.4 Å². The smallest absolute Gasteiger partial charge is 0.352 e. The van der Waals surface area contributed by atoms with E-state index in [1.165, 1.54) is 30.3 Å². The number of alkyl halides is 3. The van der Waals surface area contributed by atoms with Crippen LogP contribution in [0.3, 0.4) is 0 Å². The second-order valence-electron chi connectivity index (χ2n) is 7.02. The van der Waals surface area contributed by atoms with Gasteiger partial charge in [-0.15, -0.1) is 0 Å². The molecule has 1 heterocycles. The van der Waals surface area contributed by atoms with E-state index in [1.54, 1.807) is 0 Å².